The first-order valence-corrected chi connectivity index (χ1v) is 10.3. The van der Waals surface area contributed by atoms with Crippen LogP contribution in [0.2, 0.25) is 0 Å². The molecule has 30 heavy (non-hydrogen) atoms. The number of amidine groups is 1. The quantitative estimate of drug-likeness (QED) is 0.475. The second kappa shape index (κ2) is 9.45. The third kappa shape index (κ3) is 4.58. The number of nitrogens with two attached hydrogens (primary N) is 2. The van der Waals surface area contributed by atoms with Gasteiger partial charge in [0.15, 0.2) is 5.69 Å². The minimum Gasteiger partial charge on any atom is -0.389 e. The molecule has 0 spiro atoms. The van der Waals surface area contributed by atoms with Gasteiger partial charge in [-0.05, 0) is 19.2 Å². The molecule has 162 valence electrons. The fourth-order valence-electron chi connectivity index (χ4n) is 3.31. The van der Waals surface area contributed by atoms with Crippen molar-refractivity contribution in [2.45, 2.75) is 6.04 Å². The summed E-state index contributed by atoms with van der Waals surface area (Å²) >= 11 is 0.850. The predicted molar refractivity (Wildman–Crippen MR) is 115 cm³/mol. The Hall–Kier alpha value is -2.63. The van der Waals surface area contributed by atoms with Gasteiger partial charge in [0.05, 0.1) is 11.6 Å². The maximum atomic E-state index is 14.1. The number of aromatic nitrogens is 1. The van der Waals surface area contributed by atoms with Crippen LogP contribution >= 0.6 is 11.3 Å². The summed E-state index contributed by atoms with van der Waals surface area (Å²) in [6.07, 6.45) is 0. The maximum Gasteiger partial charge on any atom is 0.273 e. The first-order valence-electron chi connectivity index (χ1n) is 9.47. The molecule has 11 heteroatoms. The molecule has 2 heterocycles. The summed E-state index contributed by atoms with van der Waals surface area (Å²) in [5.74, 6) is -1.44. The highest BCUT2D eigenvalue weighted by Crippen LogP contribution is 2.33. The smallest absolute Gasteiger partial charge is 0.273 e. The molecule has 1 amide bonds. The highest BCUT2D eigenvalue weighted by molar-refractivity contribution is 7.19. The first-order chi connectivity index (χ1) is 14.3. The number of rotatable bonds is 5. The van der Waals surface area contributed by atoms with E-state index in [1.165, 1.54) is 6.07 Å². The lowest BCUT2D eigenvalue weighted by molar-refractivity contribution is 0.0941. The van der Waals surface area contributed by atoms with Crippen LogP contribution in [0.15, 0.2) is 23.2 Å². The molecular weight excluding hydrogens is 412 g/mol. The summed E-state index contributed by atoms with van der Waals surface area (Å²) in [5.41, 5.74) is 11.4. The van der Waals surface area contributed by atoms with Crippen LogP contribution < -0.4 is 16.8 Å². The topological polar surface area (TPSA) is 113 Å². The van der Waals surface area contributed by atoms with Gasteiger partial charge in [0.2, 0.25) is 0 Å². The zero-order valence-corrected chi connectivity index (χ0v) is 17.7. The molecule has 0 saturated carbocycles. The number of piperazine rings is 1. The number of halogens is 2. The number of thiazole rings is 1. The number of hydrogen-bond donors (Lipinski definition) is 3. The zero-order chi connectivity index (χ0) is 21.8. The van der Waals surface area contributed by atoms with Crippen molar-refractivity contribution in [2.24, 2.45) is 10.7 Å². The number of benzene rings is 1. The van der Waals surface area contributed by atoms with Crippen LogP contribution in [0.5, 0.6) is 0 Å². The summed E-state index contributed by atoms with van der Waals surface area (Å²) in [6.45, 7) is 3.42. The molecule has 1 aromatic carbocycles. The lowest BCUT2D eigenvalue weighted by atomic mass is 10.2. The average Bonchev–Trinajstić information content (AvgIpc) is 3.10. The Labute approximate surface area is 177 Å². The molecule has 0 bridgehead atoms. The van der Waals surface area contributed by atoms with Crippen molar-refractivity contribution in [3.63, 3.8) is 0 Å². The molecule has 0 aliphatic carbocycles. The predicted octanol–water partition coefficient (Wildman–Crippen LogP) is 1.00. The van der Waals surface area contributed by atoms with Gasteiger partial charge in [-0.3, -0.25) is 9.79 Å². The van der Waals surface area contributed by atoms with Gasteiger partial charge in [-0.25, -0.2) is 13.8 Å². The number of likely N-dealkylation sites (N-methyl/N-ethyl adjacent to an activating group) is 1. The van der Waals surface area contributed by atoms with Gasteiger partial charge in [-0.15, -0.1) is 0 Å². The number of aliphatic imine (C=N–C) groups is 1. The molecule has 1 saturated heterocycles. The van der Waals surface area contributed by atoms with Gasteiger partial charge in [0.25, 0.3) is 5.91 Å². The van der Waals surface area contributed by atoms with Crippen LogP contribution in [0, 0.1) is 11.6 Å². The molecule has 2 aromatic rings. The largest absolute Gasteiger partial charge is 0.389 e. The summed E-state index contributed by atoms with van der Waals surface area (Å²) in [5, 5.41) is 2.87. The Morgan fingerprint density at radius 3 is 2.50 bits per heavy atom. The van der Waals surface area contributed by atoms with Crippen molar-refractivity contribution in [3.8, 4) is 10.6 Å². The van der Waals surface area contributed by atoms with Crippen LogP contribution in [0.4, 0.5) is 13.8 Å². The molecular formula is C19H25F2N7OS. The molecule has 1 aromatic heterocycles. The van der Waals surface area contributed by atoms with Gasteiger partial charge in [-0.2, -0.15) is 0 Å². The standard InChI is InChI=1S/C19H25F2N7OS/c1-24-17(28-8-6-27(2)7-9-28)13(10-22)25-18(29)15-16(23)30-19(26-15)14-11(20)4-3-5-12(14)21/h3-5,13H,6-10,22-23H2,1-2H3,(H,25,29). The number of nitrogens with one attached hydrogen (secondary N) is 1. The van der Waals surface area contributed by atoms with Crippen LogP contribution in [-0.4, -0.2) is 79.4 Å². The number of nitrogens with zero attached hydrogens (tertiary/aromatic N) is 4. The Morgan fingerprint density at radius 1 is 1.30 bits per heavy atom. The molecule has 5 N–H and O–H groups in total. The van der Waals surface area contributed by atoms with Gasteiger partial charge in [0.1, 0.15) is 27.5 Å². The van der Waals surface area contributed by atoms with E-state index in [9.17, 15) is 13.6 Å². The van der Waals surface area contributed by atoms with Gasteiger partial charge >= 0.3 is 0 Å². The van der Waals surface area contributed by atoms with E-state index in [0.29, 0.717) is 5.84 Å². The Morgan fingerprint density at radius 2 is 1.93 bits per heavy atom. The van der Waals surface area contributed by atoms with E-state index in [2.05, 4.69) is 25.1 Å². The zero-order valence-electron chi connectivity index (χ0n) is 16.9. The van der Waals surface area contributed by atoms with E-state index in [1.807, 2.05) is 7.05 Å². The van der Waals surface area contributed by atoms with Crippen molar-refractivity contribution in [2.75, 3.05) is 52.6 Å². The average molecular weight is 438 g/mol. The van der Waals surface area contributed by atoms with Gasteiger partial charge in [0, 0.05) is 39.8 Å². The summed E-state index contributed by atoms with van der Waals surface area (Å²) < 4.78 is 28.1. The summed E-state index contributed by atoms with van der Waals surface area (Å²) in [7, 11) is 3.70. The van der Waals surface area contributed by atoms with E-state index < -0.39 is 23.6 Å². The maximum absolute atomic E-state index is 14.1. The third-order valence-electron chi connectivity index (χ3n) is 4.95. The SMILES string of the molecule is CN=C(C(CN)NC(=O)c1nc(-c2c(F)cccc2F)sc1N)N1CCN(C)CC1. The summed E-state index contributed by atoms with van der Waals surface area (Å²) in [6, 6.07) is 2.97. The normalized spacial score (nSPS) is 16.6. The number of amides is 1. The second-order valence-corrected chi connectivity index (χ2v) is 7.99. The van der Waals surface area contributed by atoms with Crippen molar-refractivity contribution < 1.29 is 13.6 Å². The van der Waals surface area contributed by atoms with E-state index in [4.69, 9.17) is 11.5 Å². The number of carbonyl (C=O) groups excluding carboxylic acids is 1. The van der Waals surface area contributed by atoms with Crippen molar-refractivity contribution in [3.05, 3.63) is 35.5 Å². The van der Waals surface area contributed by atoms with E-state index in [0.717, 1.165) is 49.6 Å². The molecule has 1 atom stereocenters. The molecule has 1 fully saturated rings. The second-order valence-electron chi connectivity index (χ2n) is 6.96. The highest BCUT2D eigenvalue weighted by Gasteiger charge is 2.27. The van der Waals surface area contributed by atoms with E-state index in [1.54, 1.807) is 7.05 Å². The molecule has 3 rings (SSSR count). The van der Waals surface area contributed by atoms with Gasteiger partial charge < -0.3 is 26.6 Å². The van der Waals surface area contributed by atoms with Crippen molar-refractivity contribution >= 4 is 28.1 Å². The highest BCUT2D eigenvalue weighted by atomic mass is 32.1. The minimum atomic E-state index is -0.772. The Bertz CT molecular complexity index is 921. The fourth-order valence-corrected chi connectivity index (χ4v) is 4.19. The monoisotopic (exact) mass is 437 g/mol. The number of hydrogen-bond acceptors (Lipinski definition) is 7. The molecule has 1 aliphatic heterocycles. The molecule has 8 nitrogen and oxygen atoms in total. The number of carbonyl (C=O) groups is 1. The molecule has 1 unspecified atom stereocenters. The van der Waals surface area contributed by atoms with Crippen molar-refractivity contribution in [1.29, 1.82) is 0 Å². The van der Waals surface area contributed by atoms with Crippen LogP contribution in [-0.2, 0) is 0 Å². The van der Waals surface area contributed by atoms with Crippen LogP contribution in [0.3, 0.4) is 0 Å². The minimum absolute atomic E-state index is 0.000924. The van der Waals surface area contributed by atoms with Crippen LogP contribution in [0.25, 0.3) is 10.6 Å². The third-order valence-corrected chi connectivity index (χ3v) is 5.86. The Balaban J connectivity index is 1.80. The molecule has 1 aliphatic rings. The van der Waals surface area contributed by atoms with E-state index in [-0.39, 0.29) is 27.8 Å². The van der Waals surface area contributed by atoms with Crippen LogP contribution in [0.1, 0.15) is 10.5 Å². The summed E-state index contributed by atoms with van der Waals surface area (Å²) in [4.78, 5) is 25.6. The number of nitrogen functional groups attached to an aromatic ring is 1. The first kappa shape index (κ1) is 22.1. The lowest BCUT2D eigenvalue weighted by Crippen LogP contribution is -2.56. The molecule has 0 radical (unpaired) electrons. The fraction of sp³-hybridized carbons (Fsp3) is 0.421. The van der Waals surface area contributed by atoms with Crippen molar-refractivity contribution in [1.82, 2.24) is 20.1 Å². The number of anilines is 1. The Kier molecular flexibility index (Phi) is 6.95. The van der Waals surface area contributed by atoms with E-state index >= 15 is 0 Å². The lowest BCUT2D eigenvalue weighted by Gasteiger charge is -2.37. The van der Waals surface area contributed by atoms with Gasteiger partial charge in [-0.1, -0.05) is 17.4 Å².